The Morgan fingerprint density at radius 1 is 0.655 bits per heavy atom. The number of hydrogen-bond acceptors (Lipinski definition) is 9. The summed E-state index contributed by atoms with van der Waals surface area (Å²) in [5.74, 6) is 1.79. The monoisotopic (exact) mass is 419 g/mol. The number of fused-ring (bicyclic) bond motifs is 2. The second-order valence-electron chi connectivity index (χ2n) is 6.72. The molecule has 0 spiro atoms. The average Bonchev–Trinajstić information content (AvgIpc) is 3.30. The van der Waals surface area contributed by atoms with E-state index in [0.29, 0.717) is 17.7 Å². The number of nitrogens with zero attached hydrogens (tertiary/aromatic N) is 5. The van der Waals surface area contributed by atoms with Crippen LogP contribution in [0, 0.1) is 0 Å². The van der Waals surface area contributed by atoms with Crippen LogP contribution in [-0.2, 0) is 0 Å². The number of thiazole rings is 2. The first kappa shape index (κ1) is 17.9. The maximum atomic E-state index is 4.60. The van der Waals surface area contributed by atoms with Crippen LogP contribution in [0.15, 0.2) is 48.5 Å². The van der Waals surface area contributed by atoms with E-state index in [4.69, 9.17) is 0 Å². The van der Waals surface area contributed by atoms with E-state index in [-0.39, 0.29) is 5.92 Å². The average molecular weight is 420 g/mol. The van der Waals surface area contributed by atoms with Crippen LogP contribution in [0.25, 0.3) is 20.4 Å². The molecular weight excluding hydrogens is 402 g/mol. The normalized spacial score (nSPS) is 11.4. The molecule has 5 aromatic rings. The standard InChI is InChI=1S/C20H17N7S2/c1-11(2)16-23-17(26-19-21-12-7-3-5-9-14(12)28-19)25-18(24-16)27-20-22-13-8-4-6-10-15(13)29-20/h3-11H,1-2H3,(H2,21,22,23,24,25,26,27). The van der Waals surface area contributed by atoms with E-state index in [1.807, 2.05) is 48.5 Å². The molecule has 2 aromatic carbocycles. The molecule has 5 rings (SSSR count). The molecule has 0 aliphatic rings. The van der Waals surface area contributed by atoms with Gasteiger partial charge in [-0.25, -0.2) is 9.97 Å². The van der Waals surface area contributed by atoms with Crippen molar-refractivity contribution in [3.05, 3.63) is 54.4 Å². The zero-order valence-corrected chi connectivity index (χ0v) is 17.4. The first-order valence-electron chi connectivity index (χ1n) is 9.15. The van der Waals surface area contributed by atoms with Gasteiger partial charge in [-0.15, -0.1) is 0 Å². The number of hydrogen-bond donors (Lipinski definition) is 2. The summed E-state index contributed by atoms with van der Waals surface area (Å²) < 4.78 is 2.22. The highest BCUT2D eigenvalue weighted by Gasteiger charge is 2.13. The second-order valence-corrected chi connectivity index (χ2v) is 8.78. The van der Waals surface area contributed by atoms with Crippen molar-refractivity contribution in [1.82, 2.24) is 24.9 Å². The van der Waals surface area contributed by atoms with Gasteiger partial charge >= 0.3 is 0 Å². The first-order chi connectivity index (χ1) is 14.1. The van der Waals surface area contributed by atoms with Gasteiger partial charge in [0.1, 0.15) is 5.82 Å². The molecule has 0 amide bonds. The van der Waals surface area contributed by atoms with Gasteiger partial charge in [0.15, 0.2) is 10.3 Å². The summed E-state index contributed by atoms with van der Waals surface area (Å²) in [6.45, 7) is 4.11. The van der Waals surface area contributed by atoms with Crippen molar-refractivity contribution in [2.24, 2.45) is 0 Å². The van der Waals surface area contributed by atoms with Crippen molar-refractivity contribution in [1.29, 1.82) is 0 Å². The lowest BCUT2D eigenvalue weighted by Crippen LogP contribution is -2.08. The molecule has 144 valence electrons. The Hall–Kier alpha value is -3.17. The highest BCUT2D eigenvalue weighted by atomic mass is 32.1. The molecule has 0 radical (unpaired) electrons. The maximum absolute atomic E-state index is 4.60. The summed E-state index contributed by atoms with van der Waals surface area (Å²) in [5, 5.41) is 7.96. The zero-order valence-electron chi connectivity index (χ0n) is 15.7. The smallest absolute Gasteiger partial charge is 0.234 e. The lowest BCUT2D eigenvalue weighted by molar-refractivity contribution is 0.766. The van der Waals surface area contributed by atoms with Crippen molar-refractivity contribution in [2.45, 2.75) is 19.8 Å². The predicted molar refractivity (Wildman–Crippen MR) is 120 cm³/mol. The van der Waals surface area contributed by atoms with E-state index in [9.17, 15) is 0 Å². The fourth-order valence-electron chi connectivity index (χ4n) is 2.80. The third-order valence-electron chi connectivity index (χ3n) is 4.19. The fourth-order valence-corrected chi connectivity index (χ4v) is 4.52. The summed E-state index contributed by atoms with van der Waals surface area (Å²) in [5.41, 5.74) is 1.90. The molecule has 0 aliphatic heterocycles. The Morgan fingerprint density at radius 2 is 1.14 bits per heavy atom. The molecule has 0 fully saturated rings. The van der Waals surface area contributed by atoms with Gasteiger partial charge in [0, 0.05) is 5.92 Å². The van der Waals surface area contributed by atoms with Crippen LogP contribution >= 0.6 is 22.7 Å². The van der Waals surface area contributed by atoms with Gasteiger partial charge in [0.05, 0.1) is 20.4 Å². The number of para-hydroxylation sites is 2. The maximum Gasteiger partial charge on any atom is 0.234 e. The zero-order chi connectivity index (χ0) is 19.8. The third-order valence-corrected chi connectivity index (χ3v) is 6.10. The summed E-state index contributed by atoms with van der Waals surface area (Å²) in [4.78, 5) is 22.9. The SMILES string of the molecule is CC(C)c1nc(Nc2nc3ccccc3s2)nc(Nc2nc3ccccc3s2)n1. The van der Waals surface area contributed by atoms with E-state index in [1.54, 1.807) is 22.7 Å². The minimum atomic E-state index is 0.157. The molecular formula is C20H17N7S2. The van der Waals surface area contributed by atoms with Gasteiger partial charge in [0.25, 0.3) is 0 Å². The van der Waals surface area contributed by atoms with E-state index >= 15 is 0 Å². The van der Waals surface area contributed by atoms with Gasteiger partial charge in [-0.05, 0) is 24.3 Å². The quantitative estimate of drug-likeness (QED) is 0.378. The van der Waals surface area contributed by atoms with E-state index in [1.165, 1.54) is 0 Å². The Morgan fingerprint density at radius 3 is 1.59 bits per heavy atom. The largest absolute Gasteiger partial charge is 0.300 e. The van der Waals surface area contributed by atoms with Crippen LogP contribution in [0.1, 0.15) is 25.6 Å². The van der Waals surface area contributed by atoms with Gasteiger partial charge in [0.2, 0.25) is 11.9 Å². The number of anilines is 4. The molecule has 0 unspecified atom stereocenters. The molecule has 0 saturated carbocycles. The van der Waals surface area contributed by atoms with Gasteiger partial charge in [-0.1, -0.05) is 60.8 Å². The van der Waals surface area contributed by atoms with Crippen LogP contribution < -0.4 is 10.6 Å². The van der Waals surface area contributed by atoms with Crippen LogP contribution in [0.2, 0.25) is 0 Å². The number of rotatable bonds is 5. The predicted octanol–water partition coefficient (Wildman–Crippen LogP) is 5.70. The molecule has 0 saturated heterocycles. The Labute approximate surface area is 174 Å². The molecule has 0 bridgehead atoms. The molecule has 3 aromatic heterocycles. The number of nitrogens with one attached hydrogen (secondary N) is 2. The molecule has 2 N–H and O–H groups in total. The molecule has 0 atom stereocenters. The van der Waals surface area contributed by atoms with E-state index in [2.05, 4.69) is 49.4 Å². The molecule has 3 heterocycles. The second kappa shape index (κ2) is 7.34. The van der Waals surface area contributed by atoms with Crippen LogP contribution in [0.5, 0.6) is 0 Å². The van der Waals surface area contributed by atoms with Crippen molar-refractivity contribution >= 4 is 65.3 Å². The van der Waals surface area contributed by atoms with E-state index in [0.717, 1.165) is 30.7 Å². The van der Waals surface area contributed by atoms with Crippen LogP contribution in [0.4, 0.5) is 22.2 Å². The minimum absolute atomic E-state index is 0.157. The summed E-state index contributed by atoms with van der Waals surface area (Å²) in [6, 6.07) is 16.0. The van der Waals surface area contributed by atoms with Crippen molar-refractivity contribution in [2.75, 3.05) is 10.6 Å². The summed E-state index contributed by atoms with van der Waals surface area (Å²) in [7, 11) is 0. The molecule has 7 nitrogen and oxygen atoms in total. The lowest BCUT2D eigenvalue weighted by atomic mass is 10.2. The third kappa shape index (κ3) is 3.74. The van der Waals surface area contributed by atoms with E-state index < -0.39 is 0 Å². The van der Waals surface area contributed by atoms with Gasteiger partial charge in [-0.3, -0.25) is 10.6 Å². The Balaban J connectivity index is 1.47. The summed E-state index contributed by atoms with van der Waals surface area (Å²) in [6.07, 6.45) is 0. The lowest BCUT2D eigenvalue weighted by Gasteiger charge is -2.09. The van der Waals surface area contributed by atoms with Crippen molar-refractivity contribution in [3.63, 3.8) is 0 Å². The highest BCUT2D eigenvalue weighted by Crippen LogP contribution is 2.29. The Kier molecular flexibility index (Phi) is 4.53. The molecule has 0 aliphatic carbocycles. The minimum Gasteiger partial charge on any atom is -0.300 e. The topological polar surface area (TPSA) is 88.5 Å². The fraction of sp³-hybridized carbons (Fsp3) is 0.150. The highest BCUT2D eigenvalue weighted by molar-refractivity contribution is 7.22. The summed E-state index contributed by atoms with van der Waals surface area (Å²) >= 11 is 3.13. The van der Waals surface area contributed by atoms with Gasteiger partial charge < -0.3 is 0 Å². The van der Waals surface area contributed by atoms with Crippen molar-refractivity contribution < 1.29 is 0 Å². The molecule has 9 heteroatoms. The number of benzene rings is 2. The molecule has 29 heavy (non-hydrogen) atoms. The van der Waals surface area contributed by atoms with Gasteiger partial charge in [-0.2, -0.15) is 15.0 Å². The van der Waals surface area contributed by atoms with Crippen LogP contribution in [-0.4, -0.2) is 24.9 Å². The number of aromatic nitrogens is 5. The Bertz CT molecular complexity index is 1150. The van der Waals surface area contributed by atoms with Crippen LogP contribution in [0.3, 0.4) is 0 Å². The first-order valence-corrected chi connectivity index (χ1v) is 10.8. The van der Waals surface area contributed by atoms with Crippen molar-refractivity contribution in [3.8, 4) is 0 Å².